The van der Waals surface area contributed by atoms with Gasteiger partial charge in [-0.05, 0) is 59.5 Å². The number of non-ortho nitro benzene ring substituents is 2. The van der Waals surface area contributed by atoms with Crippen molar-refractivity contribution in [3.8, 4) is 5.75 Å². The van der Waals surface area contributed by atoms with Crippen molar-refractivity contribution < 1.29 is 32.6 Å². The van der Waals surface area contributed by atoms with Crippen molar-refractivity contribution in [3.05, 3.63) is 134 Å². The number of anilines is 1. The lowest BCUT2D eigenvalue weighted by Crippen LogP contribution is -2.37. The molecule has 4 aromatic carbocycles. The number of nitro groups is 2. The van der Waals surface area contributed by atoms with Gasteiger partial charge in [0.2, 0.25) is 0 Å². The fourth-order valence-electron chi connectivity index (χ4n) is 4.03. The van der Waals surface area contributed by atoms with Crippen molar-refractivity contribution in [2.45, 2.75) is 31.1 Å². The standard InChI is InChI=1S/C30H25N3O9S/c1-30(2,3)22-10-16-27(17-11-22)43(40,41)31(28(34)20-6-4-8-24(18-20)32(36)37)23-12-14-26(15-13-23)42-29(35)21-7-5-9-25(19-21)33(38)39/h4-19H,1-3H3. The summed E-state index contributed by atoms with van der Waals surface area (Å²) in [7, 11) is -4.55. The fraction of sp³-hybridized carbons (Fsp3) is 0.133. The molecule has 12 nitrogen and oxygen atoms in total. The van der Waals surface area contributed by atoms with Gasteiger partial charge in [-0.1, -0.05) is 45.0 Å². The average Bonchev–Trinajstić information content (AvgIpc) is 2.97. The number of benzene rings is 4. The van der Waals surface area contributed by atoms with E-state index in [9.17, 15) is 38.2 Å². The number of hydrogen-bond donors (Lipinski definition) is 0. The Hall–Kier alpha value is -5.43. The predicted octanol–water partition coefficient (Wildman–Crippen LogP) is 6.06. The number of carbonyl (C=O) groups excluding carboxylic acids is 2. The Morgan fingerprint density at radius 2 is 1.26 bits per heavy atom. The molecule has 0 aliphatic heterocycles. The normalized spacial score (nSPS) is 11.4. The number of amides is 1. The van der Waals surface area contributed by atoms with Crippen LogP contribution in [-0.2, 0) is 15.4 Å². The number of hydrogen-bond acceptors (Lipinski definition) is 9. The first-order chi connectivity index (χ1) is 20.2. The minimum atomic E-state index is -4.55. The molecule has 0 bridgehead atoms. The van der Waals surface area contributed by atoms with Crippen LogP contribution in [0.2, 0.25) is 0 Å². The van der Waals surface area contributed by atoms with Gasteiger partial charge in [0.1, 0.15) is 5.75 Å². The van der Waals surface area contributed by atoms with E-state index in [0.717, 1.165) is 17.7 Å². The van der Waals surface area contributed by atoms with Gasteiger partial charge >= 0.3 is 5.97 Å². The molecule has 0 saturated heterocycles. The summed E-state index contributed by atoms with van der Waals surface area (Å²) < 4.78 is 33.6. The maximum Gasteiger partial charge on any atom is 0.343 e. The SMILES string of the molecule is CC(C)(C)c1ccc(S(=O)(=O)N(C(=O)c2cccc([N+](=O)[O-])c2)c2ccc(OC(=O)c3cccc([N+](=O)[O-])c3)cc2)cc1. The van der Waals surface area contributed by atoms with Gasteiger partial charge in [-0.25, -0.2) is 13.2 Å². The lowest BCUT2D eigenvalue weighted by Gasteiger charge is -2.24. The molecule has 4 aromatic rings. The topological polar surface area (TPSA) is 167 Å². The summed E-state index contributed by atoms with van der Waals surface area (Å²) >= 11 is 0. The first-order valence-electron chi connectivity index (χ1n) is 12.7. The van der Waals surface area contributed by atoms with E-state index in [4.69, 9.17) is 4.74 Å². The number of nitro benzene ring substituents is 2. The Balaban J connectivity index is 1.72. The zero-order chi connectivity index (χ0) is 31.5. The van der Waals surface area contributed by atoms with Crippen LogP contribution in [-0.4, -0.2) is 30.1 Å². The number of nitrogens with zero attached hydrogens (tertiary/aromatic N) is 3. The van der Waals surface area contributed by atoms with Gasteiger partial charge in [0.25, 0.3) is 27.3 Å². The highest BCUT2D eigenvalue weighted by Crippen LogP contribution is 2.31. The molecule has 4 rings (SSSR count). The van der Waals surface area contributed by atoms with Crippen LogP contribution in [0.4, 0.5) is 17.1 Å². The van der Waals surface area contributed by atoms with Gasteiger partial charge in [0.05, 0.1) is 26.0 Å². The van der Waals surface area contributed by atoms with Crippen LogP contribution < -0.4 is 9.04 Å². The van der Waals surface area contributed by atoms with Crippen LogP contribution in [0.25, 0.3) is 0 Å². The molecule has 0 fully saturated rings. The van der Waals surface area contributed by atoms with Gasteiger partial charge in [0.15, 0.2) is 0 Å². The van der Waals surface area contributed by atoms with E-state index in [1.54, 1.807) is 12.1 Å². The molecule has 0 N–H and O–H groups in total. The first kappa shape index (κ1) is 30.5. The van der Waals surface area contributed by atoms with Crippen LogP contribution in [0, 0.1) is 20.2 Å². The summed E-state index contributed by atoms with van der Waals surface area (Å²) in [4.78, 5) is 47.0. The van der Waals surface area contributed by atoms with Gasteiger partial charge in [-0.15, -0.1) is 0 Å². The third-order valence-electron chi connectivity index (χ3n) is 6.32. The molecule has 0 spiro atoms. The Morgan fingerprint density at radius 1 is 0.744 bits per heavy atom. The molecule has 0 aliphatic rings. The summed E-state index contributed by atoms with van der Waals surface area (Å²) in [6.45, 7) is 5.88. The summed E-state index contributed by atoms with van der Waals surface area (Å²) in [6.07, 6.45) is 0. The first-order valence-corrected chi connectivity index (χ1v) is 14.1. The highest BCUT2D eigenvalue weighted by Gasteiger charge is 2.33. The van der Waals surface area contributed by atoms with E-state index in [2.05, 4.69) is 0 Å². The van der Waals surface area contributed by atoms with Crippen LogP contribution in [0.5, 0.6) is 5.75 Å². The van der Waals surface area contributed by atoms with Crippen molar-refractivity contribution in [1.29, 1.82) is 0 Å². The number of esters is 1. The van der Waals surface area contributed by atoms with Crippen LogP contribution in [0.1, 0.15) is 47.1 Å². The summed E-state index contributed by atoms with van der Waals surface area (Å²) in [5.41, 5.74) is -0.572. The molecule has 0 radical (unpaired) electrons. The second-order valence-electron chi connectivity index (χ2n) is 10.3. The highest BCUT2D eigenvalue weighted by molar-refractivity contribution is 7.93. The van der Waals surface area contributed by atoms with E-state index in [0.29, 0.717) is 4.31 Å². The number of sulfonamides is 1. The van der Waals surface area contributed by atoms with E-state index < -0.39 is 37.4 Å². The summed E-state index contributed by atoms with van der Waals surface area (Å²) in [5, 5.41) is 22.3. The van der Waals surface area contributed by atoms with Crippen LogP contribution in [0.3, 0.4) is 0 Å². The Kier molecular flexibility index (Phi) is 8.39. The largest absolute Gasteiger partial charge is 0.423 e. The zero-order valence-electron chi connectivity index (χ0n) is 23.2. The monoisotopic (exact) mass is 603 g/mol. The van der Waals surface area contributed by atoms with Crippen molar-refractivity contribution in [2.75, 3.05) is 4.31 Å². The molecule has 0 atom stereocenters. The van der Waals surface area contributed by atoms with E-state index in [1.807, 2.05) is 20.8 Å². The van der Waals surface area contributed by atoms with E-state index in [-0.39, 0.29) is 38.6 Å². The molecular formula is C30H25N3O9S. The van der Waals surface area contributed by atoms with E-state index >= 15 is 0 Å². The molecule has 0 heterocycles. The van der Waals surface area contributed by atoms with Crippen molar-refractivity contribution in [2.24, 2.45) is 0 Å². The second-order valence-corrected chi connectivity index (χ2v) is 12.1. The van der Waals surface area contributed by atoms with Crippen molar-refractivity contribution >= 4 is 39.0 Å². The molecule has 13 heteroatoms. The lowest BCUT2D eigenvalue weighted by molar-refractivity contribution is -0.385. The summed E-state index contributed by atoms with van der Waals surface area (Å²) in [5.74, 6) is -1.98. The second kappa shape index (κ2) is 11.8. The minimum absolute atomic E-state index is 0.0325. The number of rotatable bonds is 8. The maximum absolute atomic E-state index is 13.9. The zero-order valence-corrected chi connectivity index (χ0v) is 24.0. The van der Waals surface area contributed by atoms with Crippen LogP contribution in [0.15, 0.2) is 102 Å². The van der Waals surface area contributed by atoms with E-state index in [1.165, 1.54) is 72.8 Å². The molecule has 0 saturated carbocycles. The van der Waals surface area contributed by atoms with Gasteiger partial charge < -0.3 is 4.74 Å². The fourth-order valence-corrected chi connectivity index (χ4v) is 5.44. The predicted molar refractivity (Wildman–Crippen MR) is 157 cm³/mol. The lowest BCUT2D eigenvalue weighted by atomic mass is 9.87. The molecule has 0 aliphatic carbocycles. The molecule has 220 valence electrons. The minimum Gasteiger partial charge on any atom is -0.423 e. The molecule has 43 heavy (non-hydrogen) atoms. The quantitative estimate of drug-likeness (QED) is 0.101. The van der Waals surface area contributed by atoms with Gasteiger partial charge in [-0.2, -0.15) is 4.31 Å². The highest BCUT2D eigenvalue weighted by atomic mass is 32.2. The molecule has 0 unspecified atom stereocenters. The third-order valence-corrected chi connectivity index (χ3v) is 8.05. The Bertz CT molecular complexity index is 1830. The van der Waals surface area contributed by atoms with Gasteiger partial charge in [0, 0.05) is 29.8 Å². The Labute approximate surface area is 246 Å². The maximum atomic E-state index is 13.9. The smallest absolute Gasteiger partial charge is 0.343 e. The Morgan fingerprint density at radius 3 is 1.77 bits per heavy atom. The third kappa shape index (κ3) is 6.73. The van der Waals surface area contributed by atoms with Gasteiger partial charge in [-0.3, -0.25) is 25.0 Å². The molecule has 1 amide bonds. The number of ether oxygens (including phenoxy) is 1. The van der Waals surface area contributed by atoms with Crippen LogP contribution >= 0.6 is 0 Å². The molecule has 0 aromatic heterocycles. The van der Waals surface area contributed by atoms with Crippen molar-refractivity contribution in [1.82, 2.24) is 0 Å². The van der Waals surface area contributed by atoms with Crippen molar-refractivity contribution in [3.63, 3.8) is 0 Å². The molecular weight excluding hydrogens is 578 g/mol. The summed E-state index contributed by atoms with van der Waals surface area (Å²) in [6, 6.07) is 20.6. The number of carbonyl (C=O) groups is 2. The average molecular weight is 604 g/mol.